The Kier molecular flexibility index (Phi) is 6.43. The summed E-state index contributed by atoms with van der Waals surface area (Å²) in [6.07, 6.45) is 3.77. The summed E-state index contributed by atoms with van der Waals surface area (Å²) in [5.74, 6) is 0. The first-order valence-corrected chi connectivity index (χ1v) is 4.63. The normalized spacial score (nSPS) is 9.08. The molecule has 0 spiro atoms. The van der Waals surface area contributed by atoms with E-state index < -0.39 is 0 Å². The van der Waals surface area contributed by atoms with Crippen molar-refractivity contribution in [3.63, 3.8) is 0 Å². The topological polar surface area (TPSA) is 12.0 Å². The molecule has 1 N–H and O–H groups in total. The minimum absolute atomic E-state index is 0. The van der Waals surface area contributed by atoms with Gasteiger partial charge < -0.3 is 5.32 Å². The van der Waals surface area contributed by atoms with Crippen molar-refractivity contribution in [2.45, 2.75) is 26.2 Å². The molecule has 1 nitrogen and oxygen atoms in total. The predicted molar refractivity (Wildman–Crippen MR) is 61.8 cm³/mol. The second-order valence-electron chi connectivity index (χ2n) is 3.05. The van der Waals surface area contributed by atoms with E-state index in [1.807, 2.05) is 7.05 Å². The lowest BCUT2D eigenvalue weighted by Crippen LogP contribution is -1.89. The third-order valence-electron chi connectivity index (χ3n) is 2.06. The highest BCUT2D eigenvalue weighted by Crippen LogP contribution is 2.10. The van der Waals surface area contributed by atoms with Gasteiger partial charge in [0.25, 0.3) is 0 Å². The molecule has 0 saturated heterocycles. The Morgan fingerprint density at radius 1 is 1.15 bits per heavy atom. The summed E-state index contributed by atoms with van der Waals surface area (Å²) < 4.78 is 0. The first-order valence-electron chi connectivity index (χ1n) is 4.63. The third kappa shape index (κ3) is 4.18. The van der Waals surface area contributed by atoms with E-state index >= 15 is 0 Å². The number of benzene rings is 1. The maximum atomic E-state index is 3.11. The van der Waals surface area contributed by atoms with E-state index in [0.29, 0.717) is 0 Å². The first kappa shape index (κ1) is 12.3. The van der Waals surface area contributed by atoms with Crippen LogP contribution in [-0.2, 0) is 6.42 Å². The van der Waals surface area contributed by atoms with Crippen molar-refractivity contribution < 1.29 is 0 Å². The number of unbranched alkanes of at least 4 members (excludes halogenated alkanes) is 1. The molecule has 0 unspecified atom stereocenters. The molecule has 0 heterocycles. The first-order chi connectivity index (χ1) is 5.86. The van der Waals surface area contributed by atoms with Crippen LogP contribution in [0.1, 0.15) is 25.3 Å². The zero-order valence-electron chi connectivity index (χ0n) is 8.34. The van der Waals surface area contributed by atoms with Crippen molar-refractivity contribution in [2.24, 2.45) is 0 Å². The van der Waals surface area contributed by atoms with E-state index in [2.05, 4.69) is 36.5 Å². The molecule has 13 heavy (non-hydrogen) atoms. The average molecular weight is 200 g/mol. The van der Waals surface area contributed by atoms with E-state index in [1.54, 1.807) is 0 Å². The van der Waals surface area contributed by atoms with E-state index in [9.17, 15) is 0 Å². The molecule has 0 aliphatic heterocycles. The van der Waals surface area contributed by atoms with Gasteiger partial charge in [0.15, 0.2) is 0 Å². The van der Waals surface area contributed by atoms with Crippen LogP contribution >= 0.6 is 12.4 Å². The minimum Gasteiger partial charge on any atom is -0.388 e. The van der Waals surface area contributed by atoms with Gasteiger partial charge in [-0.3, -0.25) is 0 Å². The van der Waals surface area contributed by atoms with Crippen molar-refractivity contribution in [2.75, 3.05) is 12.4 Å². The Morgan fingerprint density at radius 2 is 1.77 bits per heavy atom. The van der Waals surface area contributed by atoms with Crippen LogP contribution in [0.5, 0.6) is 0 Å². The van der Waals surface area contributed by atoms with Gasteiger partial charge in [-0.25, -0.2) is 0 Å². The van der Waals surface area contributed by atoms with Gasteiger partial charge in [0.1, 0.15) is 0 Å². The second kappa shape index (κ2) is 6.79. The lowest BCUT2D eigenvalue weighted by atomic mass is 10.1. The quantitative estimate of drug-likeness (QED) is 0.783. The van der Waals surface area contributed by atoms with E-state index in [0.717, 1.165) is 0 Å². The van der Waals surface area contributed by atoms with Gasteiger partial charge in [0.05, 0.1) is 0 Å². The molecule has 0 saturated carbocycles. The molecule has 0 atom stereocenters. The van der Waals surface area contributed by atoms with Crippen LogP contribution in [0.15, 0.2) is 24.3 Å². The number of hydrogen-bond acceptors (Lipinski definition) is 1. The SMILES string of the molecule is CCCCc1ccc(NC)cc1.Cl. The summed E-state index contributed by atoms with van der Waals surface area (Å²) in [6, 6.07) is 8.65. The van der Waals surface area contributed by atoms with Gasteiger partial charge in [-0.15, -0.1) is 12.4 Å². The Bertz CT molecular complexity index is 218. The maximum absolute atomic E-state index is 3.11. The van der Waals surface area contributed by atoms with Crippen LogP contribution in [0.3, 0.4) is 0 Å². The van der Waals surface area contributed by atoms with Crippen LogP contribution in [-0.4, -0.2) is 7.05 Å². The number of halogens is 1. The van der Waals surface area contributed by atoms with E-state index in [-0.39, 0.29) is 12.4 Å². The highest BCUT2D eigenvalue weighted by atomic mass is 35.5. The van der Waals surface area contributed by atoms with Crippen LogP contribution < -0.4 is 5.32 Å². The fourth-order valence-electron chi connectivity index (χ4n) is 1.22. The number of hydrogen-bond donors (Lipinski definition) is 1. The summed E-state index contributed by atoms with van der Waals surface area (Å²) in [6.45, 7) is 2.22. The molecule has 1 aromatic carbocycles. The van der Waals surface area contributed by atoms with Crippen LogP contribution in [0.2, 0.25) is 0 Å². The van der Waals surface area contributed by atoms with Crippen molar-refractivity contribution in [1.82, 2.24) is 0 Å². The summed E-state index contributed by atoms with van der Waals surface area (Å²) >= 11 is 0. The Hall–Kier alpha value is -0.690. The highest BCUT2D eigenvalue weighted by Gasteiger charge is 1.91. The van der Waals surface area contributed by atoms with Gasteiger partial charge in [0.2, 0.25) is 0 Å². The molecule has 0 bridgehead atoms. The maximum Gasteiger partial charge on any atom is 0.0337 e. The van der Waals surface area contributed by atoms with Crippen molar-refractivity contribution in [3.8, 4) is 0 Å². The fraction of sp³-hybridized carbons (Fsp3) is 0.455. The largest absolute Gasteiger partial charge is 0.388 e. The van der Waals surface area contributed by atoms with Crippen molar-refractivity contribution in [3.05, 3.63) is 29.8 Å². The molecular formula is C11H18ClN. The number of aryl methyl sites for hydroxylation is 1. The fourth-order valence-corrected chi connectivity index (χ4v) is 1.22. The van der Waals surface area contributed by atoms with Gasteiger partial charge in [0, 0.05) is 12.7 Å². The molecule has 74 valence electrons. The van der Waals surface area contributed by atoms with Crippen LogP contribution in [0, 0.1) is 0 Å². The molecule has 2 heteroatoms. The van der Waals surface area contributed by atoms with Crippen LogP contribution in [0.4, 0.5) is 5.69 Å². The molecule has 0 aromatic heterocycles. The molecular weight excluding hydrogens is 182 g/mol. The summed E-state index contributed by atoms with van der Waals surface area (Å²) in [4.78, 5) is 0. The standard InChI is InChI=1S/C11H17N.ClH/c1-3-4-5-10-6-8-11(12-2)9-7-10;/h6-9,12H,3-5H2,1-2H3;1H. The molecule has 0 fully saturated rings. The molecule has 0 radical (unpaired) electrons. The number of anilines is 1. The Balaban J connectivity index is 0.00000144. The van der Waals surface area contributed by atoms with Gasteiger partial charge >= 0.3 is 0 Å². The van der Waals surface area contributed by atoms with Crippen LogP contribution in [0.25, 0.3) is 0 Å². The minimum atomic E-state index is 0. The number of rotatable bonds is 4. The monoisotopic (exact) mass is 199 g/mol. The molecule has 1 aromatic rings. The molecule has 0 aliphatic rings. The summed E-state index contributed by atoms with van der Waals surface area (Å²) in [5.41, 5.74) is 2.63. The molecule has 0 amide bonds. The lowest BCUT2D eigenvalue weighted by Gasteiger charge is -2.02. The van der Waals surface area contributed by atoms with Crippen molar-refractivity contribution in [1.29, 1.82) is 0 Å². The number of nitrogens with one attached hydrogen (secondary N) is 1. The zero-order valence-corrected chi connectivity index (χ0v) is 9.16. The zero-order chi connectivity index (χ0) is 8.81. The third-order valence-corrected chi connectivity index (χ3v) is 2.06. The Labute approximate surface area is 87.0 Å². The molecule has 0 aliphatic carbocycles. The average Bonchev–Trinajstić information content (AvgIpc) is 2.15. The second-order valence-corrected chi connectivity index (χ2v) is 3.05. The predicted octanol–water partition coefficient (Wildman–Crippen LogP) is 3.49. The van der Waals surface area contributed by atoms with E-state index in [4.69, 9.17) is 0 Å². The van der Waals surface area contributed by atoms with Crippen molar-refractivity contribution >= 4 is 18.1 Å². The molecule has 1 rings (SSSR count). The van der Waals surface area contributed by atoms with Gasteiger partial charge in [-0.1, -0.05) is 25.5 Å². The smallest absolute Gasteiger partial charge is 0.0337 e. The summed E-state index contributed by atoms with van der Waals surface area (Å²) in [7, 11) is 1.95. The van der Waals surface area contributed by atoms with Gasteiger partial charge in [-0.2, -0.15) is 0 Å². The van der Waals surface area contributed by atoms with Gasteiger partial charge in [-0.05, 0) is 30.5 Å². The summed E-state index contributed by atoms with van der Waals surface area (Å²) in [5, 5.41) is 3.11. The Morgan fingerprint density at radius 3 is 2.23 bits per heavy atom. The highest BCUT2D eigenvalue weighted by molar-refractivity contribution is 5.85. The lowest BCUT2D eigenvalue weighted by molar-refractivity contribution is 0.795. The van der Waals surface area contributed by atoms with E-state index in [1.165, 1.54) is 30.5 Å².